The molecule has 240 valence electrons. The Kier molecular flexibility index (Phi) is 8.14. The van der Waals surface area contributed by atoms with Crippen molar-refractivity contribution < 1.29 is 38.5 Å². The van der Waals surface area contributed by atoms with Gasteiger partial charge >= 0.3 is 11.9 Å². The molecule has 2 aromatic rings. The van der Waals surface area contributed by atoms with E-state index in [0.717, 1.165) is 10.5 Å². The van der Waals surface area contributed by atoms with Gasteiger partial charge in [0.15, 0.2) is 18.1 Å². The smallest absolute Gasteiger partial charge is 0.352 e. The van der Waals surface area contributed by atoms with Gasteiger partial charge in [-0.3, -0.25) is 4.79 Å². The van der Waals surface area contributed by atoms with Crippen molar-refractivity contribution in [1.29, 1.82) is 5.26 Å². The Balaban J connectivity index is 1.28. The molecule has 4 aliphatic rings. The third-order valence-corrected chi connectivity index (χ3v) is 12.1. The van der Waals surface area contributed by atoms with Crippen molar-refractivity contribution in [2.45, 2.75) is 74.0 Å². The maximum atomic E-state index is 17.5. The van der Waals surface area contributed by atoms with Crippen LogP contribution in [0.5, 0.6) is 5.75 Å². The summed E-state index contributed by atoms with van der Waals surface area (Å²) in [6, 6.07) is 15.5. The first kappa shape index (κ1) is 32.0. The van der Waals surface area contributed by atoms with Crippen LogP contribution in [0, 0.1) is 34.0 Å². The number of allylic oxidation sites excluding steroid dienone is 4. The molecule has 2 N–H and O–H groups in total. The van der Waals surface area contributed by atoms with Crippen LogP contribution in [-0.2, 0) is 24.8 Å². The number of ketones is 1. The normalized spacial score (nSPS) is 34.4. The molecular formula is C36H36FNO7S. The highest BCUT2D eigenvalue weighted by atomic mass is 32.2. The van der Waals surface area contributed by atoms with E-state index >= 15 is 4.39 Å². The molecule has 2 aromatic carbocycles. The fourth-order valence-electron chi connectivity index (χ4n) is 8.62. The number of phenolic OH excluding ortho intramolecular Hbond substituents is 1. The summed E-state index contributed by atoms with van der Waals surface area (Å²) in [4.78, 5) is 40.7. The summed E-state index contributed by atoms with van der Waals surface area (Å²) in [6.45, 7) is 2.93. The molecular weight excluding hydrogens is 609 g/mol. The molecule has 7 atom stereocenters. The SMILES string of the molecule is C[C@]12C=CC(=O)C=C1CC[C@H]1[C@@H]3CC[C@](OC(=O)c4ccc(CSc5ccc(O)cc5)cc4)(C(=O)OCC#N)[C@@]3(C)C[C@H](O)[C@@]12F. The molecule has 0 heterocycles. The predicted octanol–water partition coefficient (Wildman–Crippen LogP) is 6.02. The first-order valence-corrected chi connectivity index (χ1v) is 16.5. The molecule has 3 fully saturated rings. The molecule has 0 aliphatic heterocycles. The van der Waals surface area contributed by atoms with Crippen molar-refractivity contribution in [3.8, 4) is 11.8 Å². The van der Waals surface area contributed by atoms with Crippen molar-refractivity contribution in [2.24, 2.45) is 22.7 Å². The lowest BCUT2D eigenvalue weighted by Crippen LogP contribution is -2.69. The van der Waals surface area contributed by atoms with E-state index in [9.17, 15) is 24.6 Å². The number of esters is 2. The van der Waals surface area contributed by atoms with Crippen molar-refractivity contribution >= 4 is 29.5 Å². The second kappa shape index (κ2) is 11.7. The van der Waals surface area contributed by atoms with Crippen LogP contribution in [0.2, 0.25) is 0 Å². The Bertz CT molecular complexity index is 1670. The third-order valence-electron chi connectivity index (χ3n) is 11.1. The Morgan fingerprint density at radius 2 is 1.80 bits per heavy atom. The lowest BCUT2D eigenvalue weighted by molar-refractivity contribution is -0.224. The molecule has 10 heteroatoms. The second-order valence-electron chi connectivity index (χ2n) is 13.2. The lowest BCUT2D eigenvalue weighted by Gasteiger charge is -2.62. The molecule has 0 aromatic heterocycles. The summed E-state index contributed by atoms with van der Waals surface area (Å²) in [5, 5.41) is 30.3. The van der Waals surface area contributed by atoms with Gasteiger partial charge in [0.25, 0.3) is 0 Å². The Hall–Kier alpha value is -3.94. The number of aliphatic hydroxyl groups is 1. The first-order valence-electron chi connectivity index (χ1n) is 15.5. The van der Waals surface area contributed by atoms with Gasteiger partial charge in [0, 0.05) is 27.4 Å². The number of fused-ring (bicyclic) bond motifs is 5. The summed E-state index contributed by atoms with van der Waals surface area (Å²) in [5.74, 6) is -2.17. The summed E-state index contributed by atoms with van der Waals surface area (Å²) >= 11 is 1.57. The van der Waals surface area contributed by atoms with Gasteiger partial charge in [0.05, 0.1) is 11.7 Å². The molecule has 3 saturated carbocycles. The summed E-state index contributed by atoms with van der Waals surface area (Å²) in [7, 11) is 0. The van der Waals surface area contributed by atoms with Gasteiger partial charge in [-0.1, -0.05) is 30.7 Å². The minimum atomic E-state index is -2.11. The van der Waals surface area contributed by atoms with Gasteiger partial charge in [0.1, 0.15) is 11.8 Å². The quantitative estimate of drug-likeness (QED) is 0.274. The van der Waals surface area contributed by atoms with Gasteiger partial charge in [-0.05, 0) is 99.1 Å². The van der Waals surface area contributed by atoms with E-state index in [2.05, 4.69) is 0 Å². The van der Waals surface area contributed by atoms with Crippen molar-refractivity contribution in [2.75, 3.05) is 6.61 Å². The van der Waals surface area contributed by atoms with Crippen LogP contribution in [0.25, 0.3) is 0 Å². The third kappa shape index (κ3) is 4.87. The van der Waals surface area contributed by atoms with E-state index in [1.54, 1.807) is 74.2 Å². The zero-order valence-corrected chi connectivity index (χ0v) is 26.5. The molecule has 6 rings (SSSR count). The van der Waals surface area contributed by atoms with Crippen LogP contribution in [0.1, 0.15) is 61.9 Å². The number of carbonyl (C=O) groups excluding carboxylic acids is 3. The summed E-state index contributed by atoms with van der Waals surface area (Å²) in [5.41, 5.74) is -4.54. The van der Waals surface area contributed by atoms with Crippen LogP contribution in [0.3, 0.4) is 0 Å². The van der Waals surface area contributed by atoms with Gasteiger partial charge < -0.3 is 19.7 Å². The number of rotatable bonds is 7. The standard InChI is InChI=1S/C36H36FNO7S/c1-33-15-13-26(40)19-24(33)7-12-29-28-14-16-35(32(43)44-18-17-38,34(28,2)20-30(41)36(29,33)37)45-31(42)23-5-3-22(4-6-23)21-46-27-10-8-25(39)9-11-27/h3-6,8-11,13,15,19,28-30,39,41H,7,12,14,16,18,20-21H2,1-2H3/t28-,29-,30-,33-,34-,35-,36-/m0/s1. The number of carbonyl (C=O) groups is 3. The maximum absolute atomic E-state index is 17.5. The molecule has 4 aliphatic carbocycles. The topological polar surface area (TPSA) is 134 Å². The number of nitrogens with zero attached hydrogens (tertiary/aromatic N) is 1. The number of ether oxygens (including phenoxy) is 2. The zero-order valence-electron chi connectivity index (χ0n) is 25.7. The van der Waals surface area contributed by atoms with E-state index in [4.69, 9.17) is 14.7 Å². The molecule has 0 radical (unpaired) electrons. The van der Waals surface area contributed by atoms with Gasteiger partial charge in [-0.25, -0.2) is 14.0 Å². The Morgan fingerprint density at radius 1 is 1.09 bits per heavy atom. The number of benzene rings is 2. The number of hydrogen-bond donors (Lipinski definition) is 2. The predicted molar refractivity (Wildman–Crippen MR) is 167 cm³/mol. The second-order valence-corrected chi connectivity index (χ2v) is 14.3. The fourth-order valence-corrected chi connectivity index (χ4v) is 9.48. The minimum Gasteiger partial charge on any atom is -0.508 e. The number of alkyl halides is 1. The fraction of sp³-hybridized carbons (Fsp3) is 0.444. The summed E-state index contributed by atoms with van der Waals surface area (Å²) in [6.07, 6.45) is 3.90. The van der Waals surface area contributed by atoms with E-state index in [1.807, 2.05) is 12.1 Å². The van der Waals surface area contributed by atoms with Gasteiger partial charge in [-0.15, -0.1) is 11.8 Å². The number of phenols is 1. The average molecular weight is 646 g/mol. The molecule has 0 spiro atoms. The molecule has 0 amide bonds. The van der Waals surface area contributed by atoms with Crippen LogP contribution >= 0.6 is 11.8 Å². The highest BCUT2D eigenvalue weighted by Crippen LogP contribution is 2.70. The number of hydrogen-bond acceptors (Lipinski definition) is 9. The van der Waals surface area contributed by atoms with Gasteiger partial charge in [0.2, 0.25) is 5.60 Å². The van der Waals surface area contributed by atoms with Crippen molar-refractivity contribution in [3.63, 3.8) is 0 Å². The van der Waals surface area contributed by atoms with E-state index in [-0.39, 0.29) is 29.9 Å². The van der Waals surface area contributed by atoms with Crippen molar-refractivity contribution in [3.05, 3.63) is 83.5 Å². The minimum absolute atomic E-state index is 0.0541. The highest BCUT2D eigenvalue weighted by molar-refractivity contribution is 7.98. The van der Waals surface area contributed by atoms with E-state index < -0.39 is 58.6 Å². The van der Waals surface area contributed by atoms with Crippen LogP contribution in [0.4, 0.5) is 4.39 Å². The molecule has 8 nitrogen and oxygen atoms in total. The maximum Gasteiger partial charge on any atom is 0.352 e. The van der Waals surface area contributed by atoms with E-state index in [1.165, 1.54) is 12.2 Å². The molecule has 0 bridgehead atoms. The zero-order chi connectivity index (χ0) is 32.9. The average Bonchev–Trinajstić information content (AvgIpc) is 3.32. The van der Waals surface area contributed by atoms with E-state index in [0.29, 0.717) is 30.6 Å². The largest absolute Gasteiger partial charge is 0.508 e. The van der Waals surface area contributed by atoms with Gasteiger partial charge in [-0.2, -0.15) is 5.26 Å². The molecule has 0 saturated heterocycles. The Labute approximate surface area is 271 Å². The molecule has 46 heavy (non-hydrogen) atoms. The van der Waals surface area contributed by atoms with Crippen molar-refractivity contribution in [1.82, 2.24) is 0 Å². The number of halogens is 1. The lowest BCUT2D eigenvalue weighted by atomic mass is 9.45. The van der Waals surface area contributed by atoms with Crippen LogP contribution < -0.4 is 0 Å². The monoisotopic (exact) mass is 645 g/mol. The summed E-state index contributed by atoms with van der Waals surface area (Å²) < 4.78 is 29.0. The number of thioether (sulfide) groups is 1. The highest BCUT2D eigenvalue weighted by Gasteiger charge is 2.76. The number of aromatic hydroxyl groups is 1. The molecule has 0 unspecified atom stereocenters. The Morgan fingerprint density at radius 3 is 2.50 bits per heavy atom. The van der Waals surface area contributed by atoms with Crippen LogP contribution in [-0.4, -0.2) is 51.9 Å². The first-order chi connectivity index (χ1) is 21.9. The number of aliphatic hydroxyl groups excluding tert-OH is 1. The van der Waals surface area contributed by atoms with Crippen LogP contribution in [0.15, 0.2) is 77.2 Å². The number of nitriles is 1.